The number of carboxylic acids is 1. The van der Waals surface area contributed by atoms with Gasteiger partial charge in [0.2, 0.25) is 0 Å². The van der Waals surface area contributed by atoms with Crippen LogP contribution in [-0.4, -0.2) is 23.9 Å². The summed E-state index contributed by atoms with van der Waals surface area (Å²) in [7, 11) is 0. The zero-order valence-corrected chi connectivity index (χ0v) is 16.1. The smallest absolute Gasteiger partial charge is 0.337 e. The number of halogens is 2. The van der Waals surface area contributed by atoms with Crippen LogP contribution in [0.1, 0.15) is 29.8 Å². The molecule has 0 saturated heterocycles. The molecule has 0 saturated carbocycles. The summed E-state index contributed by atoms with van der Waals surface area (Å²) in [6.07, 6.45) is 1.63. The summed E-state index contributed by atoms with van der Waals surface area (Å²) in [4.78, 5) is 11.1. The normalized spacial score (nSPS) is 11.1. The van der Waals surface area contributed by atoms with E-state index < -0.39 is 5.97 Å². The van der Waals surface area contributed by atoms with E-state index in [0.29, 0.717) is 18.2 Å². The van der Waals surface area contributed by atoms with Crippen LogP contribution in [0.15, 0.2) is 46.0 Å². The van der Waals surface area contributed by atoms with Crippen molar-refractivity contribution in [3.05, 3.63) is 57.0 Å². The largest absolute Gasteiger partial charge is 0.492 e. The van der Waals surface area contributed by atoms with Crippen LogP contribution in [0, 0.1) is 5.92 Å². The van der Waals surface area contributed by atoms with E-state index in [1.54, 1.807) is 12.3 Å². The minimum absolute atomic E-state index is 0.0243. The quantitative estimate of drug-likeness (QED) is 0.467. The molecule has 0 radical (unpaired) electrons. The third kappa shape index (κ3) is 5.76. The maximum Gasteiger partial charge on any atom is 0.337 e. The molecular formula is C18H18BrClN2O3. The highest BCUT2D eigenvalue weighted by Gasteiger charge is 2.09. The number of aromatic carboxylic acids is 1. The predicted octanol–water partition coefficient (Wildman–Crippen LogP) is 5.28. The molecule has 0 unspecified atom stereocenters. The van der Waals surface area contributed by atoms with Gasteiger partial charge in [-0.1, -0.05) is 25.4 Å². The molecule has 2 aromatic rings. The van der Waals surface area contributed by atoms with Crippen LogP contribution in [0.5, 0.6) is 5.75 Å². The van der Waals surface area contributed by atoms with Crippen molar-refractivity contribution >= 4 is 45.4 Å². The van der Waals surface area contributed by atoms with Crippen LogP contribution >= 0.6 is 27.5 Å². The Bertz CT molecular complexity index is 794. The predicted molar refractivity (Wildman–Crippen MR) is 104 cm³/mol. The number of anilines is 1. The average molecular weight is 426 g/mol. The van der Waals surface area contributed by atoms with Gasteiger partial charge in [-0.2, -0.15) is 5.10 Å². The molecule has 0 bridgehead atoms. The van der Waals surface area contributed by atoms with E-state index in [-0.39, 0.29) is 10.6 Å². The number of carbonyl (C=O) groups is 1. The molecule has 0 heterocycles. The summed E-state index contributed by atoms with van der Waals surface area (Å²) in [5.74, 6) is 0.147. The van der Waals surface area contributed by atoms with Crippen molar-refractivity contribution in [2.45, 2.75) is 13.8 Å². The first-order valence-corrected chi connectivity index (χ1v) is 8.78. The number of nitrogens with zero attached hydrogens (tertiary/aromatic N) is 1. The van der Waals surface area contributed by atoms with Crippen LogP contribution in [0.3, 0.4) is 0 Å². The SMILES string of the molecule is CC(C)COc1ccc(/C=N\Nc2ccc(Cl)c(C(=O)O)c2)cc1Br. The minimum Gasteiger partial charge on any atom is -0.492 e. The fraction of sp³-hybridized carbons (Fsp3) is 0.222. The van der Waals surface area contributed by atoms with E-state index >= 15 is 0 Å². The third-order valence-corrected chi connectivity index (χ3v) is 4.08. The van der Waals surface area contributed by atoms with Crippen molar-refractivity contribution in [2.75, 3.05) is 12.0 Å². The highest BCUT2D eigenvalue weighted by Crippen LogP contribution is 2.26. The average Bonchev–Trinajstić information content (AvgIpc) is 2.55. The van der Waals surface area contributed by atoms with E-state index in [0.717, 1.165) is 15.8 Å². The van der Waals surface area contributed by atoms with E-state index in [9.17, 15) is 4.79 Å². The number of carboxylic acid groups (broad SMARTS) is 1. The Morgan fingerprint density at radius 1 is 1.36 bits per heavy atom. The molecular weight excluding hydrogens is 408 g/mol. The molecule has 2 rings (SSSR count). The molecule has 0 spiro atoms. The summed E-state index contributed by atoms with van der Waals surface area (Å²) < 4.78 is 6.54. The fourth-order valence-electron chi connectivity index (χ4n) is 1.91. The summed E-state index contributed by atoms with van der Waals surface area (Å²) >= 11 is 9.31. The van der Waals surface area contributed by atoms with Crippen molar-refractivity contribution in [3.8, 4) is 5.75 Å². The number of rotatable bonds is 7. The Hall–Kier alpha value is -2.05. The van der Waals surface area contributed by atoms with Gasteiger partial charge in [0.15, 0.2) is 0 Å². The number of nitrogens with one attached hydrogen (secondary N) is 1. The molecule has 25 heavy (non-hydrogen) atoms. The molecule has 0 aliphatic heterocycles. The van der Waals surface area contributed by atoms with E-state index in [1.165, 1.54) is 12.1 Å². The van der Waals surface area contributed by atoms with Crippen LogP contribution in [-0.2, 0) is 0 Å². The molecule has 0 amide bonds. The fourth-order valence-corrected chi connectivity index (χ4v) is 2.62. The molecule has 0 fully saturated rings. The Kier molecular flexibility index (Phi) is 6.84. The lowest BCUT2D eigenvalue weighted by atomic mass is 10.2. The second-order valence-electron chi connectivity index (χ2n) is 5.76. The molecule has 7 heteroatoms. The molecule has 0 aliphatic carbocycles. The highest BCUT2D eigenvalue weighted by molar-refractivity contribution is 9.10. The zero-order valence-electron chi connectivity index (χ0n) is 13.8. The number of benzene rings is 2. The monoisotopic (exact) mass is 424 g/mol. The summed E-state index contributed by atoms with van der Waals surface area (Å²) in [6, 6.07) is 10.3. The maximum absolute atomic E-state index is 11.1. The van der Waals surface area contributed by atoms with Crippen LogP contribution in [0.25, 0.3) is 0 Å². The van der Waals surface area contributed by atoms with Gasteiger partial charge in [0, 0.05) is 0 Å². The molecule has 0 atom stereocenters. The Morgan fingerprint density at radius 2 is 2.12 bits per heavy atom. The second-order valence-corrected chi connectivity index (χ2v) is 7.03. The number of hydrogen-bond acceptors (Lipinski definition) is 4. The molecule has 132 valence electrons. The highest BCUT2D eigenvalue weighted by atomic mass is 79.9. The summed E-state index contributed by atoms with van der Waals surface area (Å²) in [5.41, 5.74) is 4.22. The first-order valence-electron chi connectivity index (χ1n) is 7.61. The van der Waals surface area contributed by atoms with Crippen molar-refractivity contribution < 1.29 is 14.6 Å². The Balaban J connectivity index is 2.04. The van der Waals surface area contributed by atoms with Gasteiger partial charge in [-0.25, -0.2) is 4.79 Å². The van der Waals surface area contributed by atoms with Gasteiger partial charge in [0.05, 0.1) is 33.6 Å². The topological polar surface area (TPSA) is 70.9 Å². The van der Waals surface area contributed by atoms with E-state index in [1.807, 2.05) is 18.2 Å². The van der Waals surface area contributed by atoms with Gasteiger partial charge in [0.1, 0.15) is 5.75 Å². The first-order chi connectivity index (χ1) is 11.9. The molecule has 5 nitrogen and oxygen atoms in total. The molecule has 0 aliphatic rings. The van der Waals surface area contributed by atoms with Gasteiger partial charge < -0.3 is 9.84 Å². The van der Waals surface area contributed by atoms with Crippen molar-refractivity contribution in [1.82, 2.24) is 0 Å². The summed E-state index contributed by atoms with van der Waals surface area (Å²) in [5, 5.41) is 13.4. The van der Waals surface area contributed by atoms with Crippen molar-refractivity contribution in [2.24, 2.45) is 11.0 Å². The standard InChI is InChI=1S/C18H18BrClN2O3/c1-11(2)10-25-17-6-3-12(7-15(17)19)9-21-22-13-4-5-16(20)14(8-13)18(23)24/h3-9,11,22H,10H2,1-2H3,(H,23,24)/b21-9-. The lowest BCUT2D eigenvalue weighted by Crippen LogP contribution is -2.05. The Labute approximate surface area is 159 Å². The number of hydrazone groups is 1. The molecule has 2 aromatic carbocycles. The second kappa shape index (κ2) is 8.87. The van der Waals surface area contributed by atoms with Crippen molar-refractivity contribution in [1.29, 1.82) is 0 Å². The first kappa shape index (κ1) is 19.3. The number of hydrogen-bond donors (Lipinski definition) is 2. The van der Waals surface area contributed by atoms with E-state index in [2.05, 4.69) is 40.3 Å². The van der Waals surface area contributed by atoms with E-state index in [4.69, 9.17) is 21.4 Å². The minimum atomic E-state index is -1.08. The van der Waals surface area contributed by atoms with Gasteiger partial charge in [0.25, 0.3) is 0 Å². The van der Waals surface area contributed by atoms with Crippen molar-refractivity contribution in [3.63, 3.8) is 0 Å². The third-order valence-electron chi connectivity index (χ3n) is 3.13. The molecule has 0 aromatic heterocycles. The van der Waals surface area contributed by atoms with Gasteiger partial charge >= 0.3 is 5.97 Å². The Morgan fingerprint density at radius 3 is 2.76 bits per heavy atom. The van der Waals surface area contributed by atoms with Gasteiger partial charge in [-0.3, -0.25) is 5.43 Å². The van der Waals surface area contributed by atoms with Crippen LogP contribution in [0.4, 0.5) is 5.69 Å². The summed E-state index contributed by atoms with van der Waals surface area (Å²) in [6.45, 7) is 4.83. The number of ether oxygens (including phenoxy) is 1. The lowest BCUT2D eigenvalue weighted by molar-refractivity contribution is 0.0697. The van der Waals surface area contributed by atoms with Gasteiger partial charge in [-0.05, 0) is 63.8 Å². The lowest BCUT2D eigenvalue weighted by Gasteiger charge is -2.10. The van der Waals surface area contributed by atoms with Crippen LogP contribution in [0.2, 0.25) is 5.02 Å². The molecule has 2 N–H and O–H groups in total. The van der Waals surface area contributed by atoms with Gasteiger partial charge in [-0.15, -0.1) is 0 Å². The maximum atomic E-state index is 11.1. The van der Waals surface area contributed by atoms with Crippen LogP contribution < -0.4 is 10.2 Å². The zero-order chi connectivity index (χ0) is 18.4.